The Morgan fingerprint density at radius 3 is 2.14 bits per heavy atom. The molecule has 0 atom stereocenters. The zero-order chi connectivity index (χ0) is 28.1. The fourth-order valence-corrected chi connectivity index (χ4v) is 3.63. The first-order valence-electron chi connectivity index (χ1n) is 12.0. The molecule has 9 heteroatoms. The van der Waals surface area contributed by atoms with E-state index in [4.69, 9.17) is 0 Å². The predicted octanol–water partition coefficient (Wildman–Crippen LogP) is 6.23. The Labute approximate surface area is 217 Å². The van der Waals surface area contributed by atoms with Crippen LogP contribution in [0.5, 0.6) is 0 Å². The number of carbonyl (C=O) groups is 1. The summed E-state index contributed by atoms with van der Waals surface area (Å²) in [5, 5.41) is 7.19. The highest BCUT2D eigenvalue weighted by Gasteiger charge is 2.22. The summed E-state index contributed by atoms with van der Waals surface area (Å²) >= 11 is 0. The number of sulfonamides is 1. The highest BCUT2D eigenvalue weighted by molar-refractivity contribution is 7.89. The van der Waals surface area contributed by atoms with Crippen LogP contribution >= 0.6 is 0 Å². The van der Waals surface area contributed by atoms with Gasteiger partial charge in [0, 0.05) is 17.3 Å². The van der Waals surface area contributed by atoms with Gasteiger partial charge in [0.05, 0.1) is 5.69 Å². The molecule has 0 fully saturated rings. The molecule has 0 radical (unpaired) electrons. The van der Waals surface area contributed by atoms with E-state index in [9.17, 15) is 13.2 Å². The van der Waals surface area contributed by atoms with Crippen LogP contribution in [0.25, 0.3) is 10.9 Å². The van der Waals surface area contributed by atoms with E-state index in [1.165, 1.54) is 7.05 Å². The number of carbonyl (C=O) groups excluding carboxylic acids is 1. The van der Waals surface area contributed by atoms with E-state index in [0.717, 1.165) is 23.6 Å². The quantitative estimate of drug-likeness (QED) is 0.264. The minimum atomic E-state index is -3.65. The number of aromatic nitrogens is 4. The van der Waals surface area contributed by atoms with Crippen molar-refractivity contribution in [1.29, 1.82) is 0 Å². The van der Waals surface area contributed by atoms with Gasteiger partial charge in [-0.25, -0.2) is 18.1 Å². The Morgan fingerprint density at radius 2 is 1.72 bits per heavy atom. The van der Waals surface area contributed by atoms with Gasteiger partial charge in [-0.2, -0.15) is 5.10 Å². The normalized spacial score (nSPS) is 10.2. The number of benzene rings is 1. The number of rotatable bonds is 6. The number of fused-ring (bicyclic) bond motifs is 1. The molecule has 0 aliphatic heterocycles. The molecule has 0 amide bonds. The molecule has 0 spiro atoms. The maximum absolute atomic E-state index is 11.9. The molecular weight excluding hydrogens is 474 g/mol. The van der Waals surface area contributed by atoms with Gasteiger partial charge in [-0.3, -0.25) is 9.89 Å². The molecule has 0 aliphatic carbocycles. The third-order valence-electron chi connectivity index (χ3n) is 4.10. The highest BCUT2D eigenvalue weighted by atomic mass is 32.2. The number of aryl methyl sites for hydroxylation is 3. The van der Waals surface area contributed by atoms with Crippen LogP contribution in [-0.2, 0) is 16.4 Å². The van der Waals surface area contributed by atoms with Crippen LogP contribution in [0.2, 0.25) is 0 Å². The average Bonchev–Trinajstić information content (AvgIpc) is 3.50. The largest absolute Gasteiger partial charge is 0.351 e. The van der Waals surface area contributed by atoms with Gasteiger partial charge in [0.25, 0.3) is 0 Å². The minimum Gasteiger partial charge on any atom is -0.351 e. The highest BCUT2D eigenvalue weighted by Crippen LogP contribution is 2.26. The second-order valence-corrected chi connectivity index (χ2v) is 8.40. The van der Waals surface area contributed by atoms with E-state index in [2.05, 4.69) is 31.5 Å². The minimum absolute atomic E-state index is 0.00806. The molecule has 0 bridgehead atoms. The fourth-order valence-electron chi connectivity index (χ4n) is 2.58. The molecule has 36 heavy (non-hydrogen) atoms. The Bertz CT molecular complexity index is 1190. The monoisotopic (exact) mass is 517 g/mol. The first kappa shape index (κ1) is 34.9. The van der Waals surface area contributed by atoms with Crippen molar-refractivity contribution in [2.45, 2.75) is 66.7 Å². The molecule has 0 saturated carbocycles. The standard InChI is InChI=1S/C11H12N2O3S.C7H10.C5H9N3.2C2H6/c1-7-3-4-9-8(5-7)11(10(6-14)13-9)17(15,16)12-2;1-3-5-7-6-4-2;1-3-5-6-4(2)7-8-5;2*1-2/h3-6,12-13H,1-2H3;3-7H,1H2,2H3;3H2,1-2H3,(H,6,7,8);2*1-2H3/b;6-4-,7-5-;;;. The van der Waals surface area contributed by atoms with Crippen molar-refractivity contribution in [2.24, 2.45) is 0 Å². The van der Waals surface area contributed by atoms with Crippen molar-refractivity contribution >= 4 is 27.2 Å². The summed E-state index contributed by atoms with van der Waals surface area (Å²) in [6.45, 7) is 19.3. The van der Waals surface area contributed by atoms with Gasteiger partial charge in [0.2, 0.25) is 10.0 Å². The van der Waals surface area contributed by atoms with Gasteiger partial charge in [-0.15, -0.1) is 0 Å². The predicted molar refractivity (Wildman–Crippen MR) is 152 cm³/mol. The number of nitrogens with one attached hydrogen (secondary N) is 3. The van der Waals surface area contributed by atoms with Crippen molar-refractivity contribution in [2.75, 3.05) is 7.05 Å². The summed E-state index contributed by atoms with van der Waals surface area (Å²) in [6.07, 6.45) is 10.9. The molecular formula is C27H43N5O3S. The Kier molecular flexibility index (Phi) is 19.3. The number of aldehydes is 1. The molecule has 0 aliphatic rings. The van der Waals surface area contributed by atoms with Gasteiger partial charge in [-0.05, 0) is 40.0 Å². The number of allylic oxidation sites excluding steroid dienone is 5. The molecule has 1 aromatic carbocycles. The lowest BCUT2D eigenvalue weighted by atomic mass is 10.2. The van der Waals surface area contributed by atoms with E-state index in [0.29, 0.717) is 17.2 Å². The SMILES string of the molecule is C=C/C=C\C=C/C.CC.CC.CCc1n[nH]c(C)n1.CNS(=O)(=O)c1c(C=O)[nH]c2ccc(C)cc12. The lowest BCUT2D eigenvalue weighted by Gasteiger charge is -2.01. The summed E-state index contributed by atoms with van der Waals surface area (Å²) in [5.74, 6) is 1.78. The molecule has 8 nitrogen and oxygen atoms in total. The van der Waals surface area contributed by atoms with Crippen LogP contribution in [0, 0.1) is 13.8 Å². The summed E-state index contributed by atoms with van der Waals surface area (Å²) in [5.41, 5.74) is 1.63. The summed E-state index contributed by atoms with van der Waals surface area (Å²) in [6, 6.07) is 5.35. The summed E-state index contributed by atoms with van der Waals surface area (Å²) in [4.78, 5) is 17.8. The number of hydrogen-bond acceptors (Lipinski definition) is 5. The maximum atomic E-state index is 11.9. The lowest BCUT2D eigenvalue weighted by Crippen LogP contribution is -2.19. The van der Waals surface area contributed by atoms with Crippen LogP contribution in [0.4, 0.5) is 0 Å². The topological polar surface area (TPSA) is 121 Å². The molecule has 200 valence electrons. The second-order valence-electron chi connectivity index (χ2n) is 6.58. The van der Waals surface area contributed by atoms with Crippen LogP contribution < -0.4 is 4.72 Å². The lowest BCUT2D eigenvalue weighted by molar-refractivity contribution is 0.111. The third kappa shape index (κ3) is 11.9. The van der Waals surface area contributed by atoms with Gasteiger partial charge >= 0.3 is 0 Å². The van der Waals surface area contributed by atoms with Crippen LogP contribution in [0.3, 0.4) is 0 Å². The van der Waals surface area contributed by atoms with Gasteiger partial charge in [0.15, 0.2) is 6.29 Å². The molecule has 3 rings (SSSR count). The number of H-pyrrole nitrogens is 2. The summed E-state index contributed by atoms with van der Waals surface area (Å²) in [7, 11) is -2.34. The van der Waals surface area contributed by atoms with Crippen molar-refractivity contribution < 1.29 is 13.2 Å². The molecule has 0 unspecified atom stereocenters. The van der Waals surface area contributed by atoms with Crippen molar-refractivity contribution in [3.05, 3.63) is 78.1 Å². The Balaban J connectivity index is 0. The van der Waals surface area contributed by atoms with Gasteiger partial charge in [0.1, 0.15) is 16.5 Å². The van der Waals surface area contributed by atoms with E-state index in [1.807, 2.05) is 85.8 Å². The molecule has 3 aromatic rings. The Morgan fingerprint density at radius 1 is 1.08 bits per heavy atom. The van der Waals surface area contributed by atoms with Gasteiger partial charge in [-0.1, -0.05) is 83.2 Å². The number of nitrogens with zero attached hydrogens (tertiary/aromatic N) is 2. The van der Waals surface area contributed by atoms with Crippen LogP contribution in [0.1, 0.15) is 69.2 Å². The van der Waals surface area contributed by atoms with E-state index < -0.39 is 10.0 Å². The zero-order valence-electron chi connectivity index (χ0n) is 23.1. The summed E-state index contributed by atoms with van der Waals surface area (Å²) < 4.78 is 26.0. The second kappa shape index (κ2) is 19.9. The molecule has 2 aromatic heterocycles. The number of aromatic amines is 2. The van der Waals surface area contributed by atoms with Gasteiger partial charge < -0.3 is 4.98 Å². The smallest absolute Gasteiger partial charge is 0.243 e. The van der Waals surface area contributed by atoms with E-state index in [1.54, 1.807) is 18.2 Å². The van der Waals surface area contributed by atoms with Crippen molar-refractivity contribution in [3.63, 3.8) is 0 Å². The van der Waals surface area contributed by atoms with Crippen LogP contribution in [-0.4, -0.2) is 41.9 Å². The first-order chi connectivity index (χ1) is 17.2. The van der Waals surface area contributed by atoms with Crippen molar-refractivity contribution in [3.8, 4) is 0 Å². The average molecular weight is 518 g/mol. The first-order valence-corrected chi connectivity index (χ1v) is 13.5. The molecule has 0 saturated heterocycles. The fraction of sp³-hybridized carbons (Fsp3) is 0.370. The molecule has 2 heterocycles. The van der Waals surface area contributed by atoms with E-state index >= 15 is 0 Å². The molecule has 3 N–H and O–H groups in total. The Hall–Kier alpha value is -3.30. The zero-order valence-corrected chi connectivity index (χ0v) is 24.0. The van der Waals surface area contributed by atoms with Crippen molar-refractivity contribution in [1.82, 2.24) is 24.9 Å². The van der Waals surface area contributed by atoms with Crippen LogP contribution in [0.15, 0.2) is 60.1 Å². The number of hydrogen-bond donors (Lipinski definition) is 3. The van der Waals surface area contributed by atoms with E-state index in [-0.39, 0.29) is 10.6 Å². The maximum Gasteiger partial charge on any atom is 0.243 e. The third-order valence-corrected chi connectivity index (χ3v) is 5.61.